The molecule has 1 aromatic heterocycles. The average Bonchev–Trinajstić information content (AvgIpc) is 2.04. The first-order valence-corrected chi connectivity index (χ1v) is 4.90. The van der Waals surface area contributed by atoms with Crippen molar-refractivity contribution in [1.82, 2.24) is 4.98 Å². The quantitative estimate of drug-likeness (QED) is 0.700. The number of rotatable bonds is 1. The van der Waals surface area contributed by atoms with E-state index in [2.05, 4.69) is 4.98 Å². The molecule has 1 rings (SSSR count). The Bertz CT molecular complexity index is 339. The maximum absolute atomic E-state index is 12.7. The number of hydrogen-bond acceptors (Lipinski definition) is 1. The lowest BCUT2D eigenvalue weighted by Gasteiger charge is -2.10. The highest BCUT2D eigenvalue weighted by Crippen LogP contribution is 2.25. The highest BCUT2D eigenvalue weighted by molar-refractivity contribution is 7.71. The first-order valence-electron chi connectivity index (χ1n) is 4.49. The fourth-order valence-electron chi connectivity index (χ4n) is 0.917. The van der Waals surface area contributed by atoms with E-state index in [-0.39, 0.29) is 5.69 Å². The molecule has 0 spiro atoms. The summed E-state index contributed by atoms with van der Waals surface area (Å²) in [6, 6.07) is 3.04. The van der Waals surface area contributed by atoms with Gasteiger partial charge >= 0.3 is 0 Å². The van der Waals surface area contributed by atoms with Crippen LogP contribution in [0.2, 0.25) is 0 Å². The van der Waals surface area contributed by atoms with Crippen LogP contribution in [0.1, 0.15) is 32.0 Å². The molecule has 0 unspecified atom stereocenters. The average molecular weight is 219 g/mol. The van der Waals surface area contributed by atoms with E-state index >= 15 is 0 Å². The van der Waals surface area contributed by atoms with Gasteiger partial charge in [-0.3, -0.25) is 0 Å². The lowest BCUT2D eigenvalue weighted by molar-refractivity contribution is 0.0126. The molecule has 14 heavy (non-hydrogen) atoms. The molecule has 0 saturated heterocycles. The third-order valence-corrected chi connectivity index (χ3v) is 1.68. The molecule has 0 aliphatic heterocycles. The molecule has 1 aromatic rings. The normalized spacial score (nSPS) is 10.4. The molecule has 0 aliphatic carbocycles. The molecule has 0 bridgehead atoms. The predicted octanol–water partition coefficient (Wildman–Crippen LogP) is 4.19. The SMILES string of the molecule is CC.Cc1cc(C(C)(F)F)[nH]c(=S)c1. The van der Waals surface area contributed by atoms with Crippen molar-refractivity contribution in [3.8, 4) is 0 Å². The van der Waals surface area contributed by atoms with Gasteiger partial charge in [0.15, 0.2) is 0 Å². The molecular formula is C10H15F2NS. The van der Waals surface area contributed by atoms with Gasteiger partial charge in [0.1, 0.15) is 4.64 Å². The van der Waals surface area contributed by atoms with Crippen LogP contribution < -0.4 is 0 Å². The molecular weight excluding hydrogens is 204 g/mol. The lowest BCUT2D eigenvalue weighted by atomic mass is 10.2. The Morgan fingerprint density at radius 2 is 1.79 bits per heavy atom. The standard InChI is InChI=1S/C8H9F2NS.C2H6/c1-5-3-6(8(2,9)10)11-7(12)4-5;1-2/h3-4H,1-2H3,(H,11,12);1-2H3. The minimum Gasteiger partial charge on any atom is -0.345 e. The number of halogens is 2. The summed E-state index contributed by atoms with van der Waals surface area (Å²) in [5.41, 5.74) is 0.614. The van der Waals surface area contributed by atoms with Crippen molar-refractivity contribution in [3.05, 3.63) is 28.0 Å². The third-order valence-electron chi connectivity index (χ3n) is 1.46. The van der Waals surface area contributed by atoms with E-state index in [1.807, 2.05) is 13.8 Å². The van der Waals surface area contributed by atoms with Crippen molar-refractivity contribution in [2.45, 2.75) is 33.6 Å². The van der Waals surface area contributed by atoms with E-state index in [1.54, 1.807) is 13.0 Å². The van der Waals surface area contributed by atoms with E-state index in [0.29, 0.717) is 4.64 Å². The van der Waals surface area contributed by atoms with Gasteiger partial charge in [0.05, 0.1) is 5.69 Å². The number of hydrogen-bond donors (Lipinski definition) is 1. The van der Waals surface area contributed by atoms with Crippen LogP contribution in [-0.4, -0.2) is 4.98 Å². The number of nitrogens with one attached hydrogen (secondary N) is 1. The summed E-state index contributed by atoms with van der Waals surface area (Å²) in [6.07, 6.45) is 0. The zero-order valence-electron chi connectivity index (χ0n) is 8.82. The Labute approximate surface area is 88.2 Å². The number of pyridine rings is 1. The van der Waals surface area contributed by atoms with Crippen LogP contribution in [0.15, 0.2) is 12.1 Å². The fraction of sp³-hybridized carbons (Fsp3) is 0.500. The van der Waals surface area contributed by atoms with Crippen molar-refractivity contribution in [3.63, 3.8) is 0 Å². The highest BCUT2D eigenvalue weighted by Gasteiger charge is 2.24. The monoisotopic (exact) mass is 219 g/mol. The van der Waals surface area contributed by atoms with Crippen LogP contribution in [0.5, 0.6) is 0 Å². The Morgan fingerprint density at radius 3 is 2.14 bits per heavy atom. The smallest absolute Gasteiger partial charge is 0.284 e. The largest absolute Gasteiger partial charge is 0.345 e. The van der Waals surface area contributed by atoms with Gasteiger partial charge in [-0.15, -0.1) is 0 Å². The summed E-state index contributed by atoms with van der Waals surface area (Å²) >= 11 is 4.77. The second-order valence-corrected chi connectivity index (χ2v) is 3.26. The van der Waals surface area contributed by atoms with Crippen LogP contribution in [0.25, 0.3) is 0 Å². The second kappa shape index (κ2) is 5.20. The summed E-state index contributed by atoms with van der Waals surface area (Å²) in [5.74, 6) is -2.85. The van der Waals surface area contributed by atoms with Crippen LogP contribution in [-0.2, 0) is 5.92 Å². The Hall–Kier alpha value is -0.770. The van der Waals surface area contributed by atoms with Gasteiger partial charge in [-0.25, -0.2) is 8.78 Å². The molecule has 0 atom stereocenters. The Balaban J connectivity index is 0.000000791. The Kier molecular flexibility index (Phi) is 4.91. The van der Waals surface area contributed by atoms with Crippen LogP contribution in [0.3, 0.4) is 0 Å². The summed E-state index contributed by atoms with van der Waals surface area (Å²) in [7, 11) is 0. The van der Waals surface area contributed by atoms with E-state index in [4.69, 9.17) is 12.2 Å². The third kappa shape index (κ3) is 3.96. The van der Waals surface area contributed by atoms with Gasteiger partial charge in [-0.2, -0.15) is 0 Å². The topological polar surface area (TPSA) is 15.8 Å². The van der Waals surface area contributed by atoms with E-state index in [0.717, 1.165) is 12.5 Å². The van der Waals surface area contributed by atoms with Crippen molar-refractivity contribution in [2.75, 3.05) is 0 Å². The van der Waals surface area contributed by atoms with Gasteiger partial charge in [-0.05, 0) is 24.6 Å². The van der Waals surface area contributed by atoms with Gasteiger partial charge < -0.3 is 4.98 Å². The molecule has 1 N–H and O–H groups in total. The molecule has 0 radical (unpaired) electrons. The van der Waals surface area contributed by atoms with Crippen molar-refractivity contribution in [2.24, 2.45) is 0 Å². The summed E-state index contributed by atoms with van der Waals surface area (Å²) < 4.78 is 25.8. The van der Waals surface area contributed by atoms with Gasteiger partial charge in [0.25, 0.3) is 5.92 Å². The maximum atomic E-state index is 12.7. The zero-order valence-corrected chi connectivity index (χ0v) is 9.64. The minimum atomic E-state index is -2.85. The molecule has 0 saturated carbocycles. The van der Waals surface area contributed by atoms with Crippen molar-refractivity contribution < 1.29 is 8.78 Å². The lowest BCUT2D eigenvalue weighted by Crippen LogP contribution is -2.09. The molecule has 4 heteroatoms. The first-order chi connectivity index (χ1) is 6.39. The number of aromatic nitrogens is 1. The first kappa shape index (κ1) is 13.2. The summed E-state index contributed by atoms with van der Waals surface area (Å²) in [6.45, 7) is 6.58. The van der Waals surface area contributed by atoms with Crippen LogP contribution in [0, 0.1) is 11.6 Å². The molecule has 0 fully saturated rings. The molecule has 0 aromatic carbocycles. The number of H-pyrrole nitrogens is 1. The van der Waals surface area contributed by atoms with Gasteiger partial charge in [0.2, 0.25) is 0 Å². The van der Waals surface area contributed by atoms with Gasteiger partial charge in [-0.1, -0.05) is 26.1 Å². The van der Waals surface area contributed by atoms with E-state index in [1.165, 1.54) is 6.07 Å². The van der Waals surface area contributed by atoms with Crippen molar-refractivity contribution in [1.29, 1.82) is 0 Å². The zero-order chi connectivity index (χ0) is 11.4. The molecule has 80 valence electrons. The number of alkyl halides is 2. The minimum absolute atomic E-state index is 0.132. The van der Waals surface area contributed by atoms with Gasteiger partial charge in [0, 0.05) is 6.92 Å². The molecule has 0 aliphatic rings. The summed E-state index contributed by atoms with van der Waals surface area (Å²) in [5, 5.41) is 0. The number of aromatic amines is 1. The molecule has 1 heterocycles. The Morgan fingerprint density at radius 1 is 1.29 bits per heavy atom. The van der Waals surface area contributed by atoms with E-state index < -0.39 is 5.92 Å². The van der Waals surface area contributed by atoms with E-state index in [9.17, 15) is 8.78 Å². The highest BCUT2D eigenvalue weighted by atomic mass is 32.1. The molecule has 1 nitrogen and oxygen atoms in total. The van der Waals surface area contributed by atoms with Crippen molar-refractivity contribution >= 4 is 12.2 Å². The summed E-state index contributed by atoms with van der Waals surface area (Å²) in [4.78, 5) is 2.45. The van der Waals surface area contributed by atoms with Crippen LogP contribution in [0.4, 0.5) is 8.78 Å². The second-order valence-electron chi connectivity index (χ2n) is 2.82. The predicted molar refractivity (Wildman–Crippen MR) is 57.3 cm³/mol. The molecule has 0 amide bonds. The maximum Gasteiger partial charge on any atom is 0.284 e. The van der Waals surface area contributed by atoms with Crippen LogP contribution >= 0.6 is 12.2 Å². The fourth-order valence-corrected chi connectivity index (χ4v) is 1.21. The number of aryl methyl sites for hydroxylation is 1.